The minimum atomic E-state index is 0.652. The molecule has 1 unspecified atom stereocenters. The quantitative estimate of drug-likeness (QED) is 0.744. The first kappa shape index (κ1) is 8.60. The van der Waals surface area contributed by atoms with Gasteiger partial charge in [-0.3, -0.25) is 0 Å². The third-order valence-electron chi connectivity index (χ3n) is 3.59. The van der Waals surface area contributed by atoms with Crippen LogP contribution in [0.25, 0.3) is 0 Å². The molecular weight excluding hydrogens is 194 g/mol. The number of rotatable bonds is 1. The van der Waals surface area contributed by atoms with E-state index >= 15 is 0 Å². The monoisotopic (exact) mass is 207 g/mol. The highest BCUT2D eigenvalue weighted by molar-refractivity contribution is 6.33. The molecule has 14 heavy (non-hydrogen) atoms. The zero-order valence-corrected chi connectivity index (χ0v) is 8.85. The number of hydrogen-bond donors (Lipinski definition) is 1. The Morgan fingerprint density at radius 3 is 2.79 bits per heavy atom. The number of hydrogen-bond acceptors (Lipinski definition) is 1. The van der Waals surface area contributed by atoms with Gasteiger partial charge in [-0.2, -0.15) is 0 Å². The Morgan fingerprint density at radius 1 is 1.29 bits per heavy atom. The summed E-state index contributed by atoms with van der Waals surface area (Å²) >= 11 is 6.14. The van der Waals surface area contributed by atoms with Crippen molar-refractivity contribution in [1.82, 2.24) is 0 Å². The number of benzene rings is 1. The van der Waals surface area contributed by atoms with Gasteiger partial charge in [-0.1, -0.05) is 30.2 Å². The number of para-hydroxylation sites is 1. The van der Waals surface area contributed by atoms with E-state index in [2.05, 4.69) is 11.4 Å². The van der Waals surface area contributed by atoms with Crippen molar-refractivity contribution in [3.05, 3.63) is 28.8 Å². The largest absolute Gasteiger partial charge is 0.380 e. The van der Waals surface area contributed by atoms with Crippen LogP contribution in [0, 0.1) is 5.92 Å². The van der Waals surface area contributed by atoms with Crippen molar-refractivity contribution < 1.29 is 0 Å². The summed E-state index contributed by atoms with van der Waals surface area (Å²) < 4.78 is 0. The summed E-state index contributed by atoms with van der Waals surface area (Å²) in [5, 5.41) is 4.45. The van der Waals surface area contributed by atoms with Gasteiger partial charge in [0, 0.05) is 6.04 Å². The maximum absolute atomic E-state index is 6.14. The Kier molecular flexibility index (Phi) is 1.94. The van der Waals surface area contributed by atoms with Crippen molar-refractivity contribution in [1.29, 1.82) is 0 Å². The highest BCUT2D eigenvalue weighted by atomic mass is 35.5. The molecule has 0 amide bonds. The number of nitrogens with one attached hydrogen (secondary N) is 1. The molecule has 1 nitrogen and oxygen atoms in total. The molecule has 1 aromatic rings. The molecule has 1 saturated carbocycles. The second-order valence-electron chi connectivity index (χ2n) is 4.42. The Labute approximate surface area is 89.5 Å². The molecule has 2 heteroatoms. The van der Waals surface area contributed by atoms with Gasteiger partial charge in [-0.05, 0) is 36.8 Å². The van der Waals surface area contributed by atoms with Crippen LogP contribution < -0.4 is 5.32 Å². The van der Waals surface area contributed by atoms with E-state index in [1.165, 1.54) is 36.9 Å². The van der Waals surface area contributed by atoms with E-state index in [-0.39, 0.29) is 0 Å². The number of anilines is 1. The minimum absolute atomic E-state index is 0.652. The van der Waals surface area contributed by atoms with E-state index in [0.717, 1.165) is 10.9 Å². The van der Waals surface area contributed by atoms with E-state index in [4.69, 9.17) is 11.6 Å². The summed E-state index contributed by atoms with van der Waals surface area (Å²) in [4.78, 5) is 0. The number of fused-ring (bicyclic) bond motifs is 1. The third kappa shape index (κ3) is 1.23. The Balaban J connectivity index is 1.86. The number of halogens is 1. The third-order valence-corrected chi connectivity index (χ3v) is 3.90. The van der Waals surface area contributed by atoms with Crippen LogP contribution in [0.1, 0.15) is 24.8 Å². The molecule has 1 N–H and O–H groups in total. The first-order valence-electron chi connectivity index (χ1n) is 5.38. The van der Waals surface area contributed by atoms with E-state index < -0.39 is 0 Å². The molecule has 1 aliphatic carbocycles. The summed E-state index contributed by atoms with van der Waals surface area (Å²) in [5.41, 5.74) is 2.58. The van der Waals surface area contributed by atoms with E-state index in [1.54, 1.807) is 0 Å². The van der Waals surface area contributed by atoms with E-state index in [1.807, 2.05) is 12.1 Å². The summed E-state index contributed by atoms with van der Waals surface area (Å²) in [6.07, 6.45) is 5.36. The molecule has 2 aliphatic rings. The lowest BCUT2D eigenvalue weighted by atomic mass is 9.79. The first-order valence-corrected chi connectivity index (χ1v) is 5.76. The summed E-state index contributed by atoms with van der Waals surface area (Å²) in [7, 11) is 0. The maximum atomic E-state index is 6.14. The van der Waals surface area contributed by atoms with Crippen LogP contribution in [0.4, 0.5) is 5.69 Å². The van der Waals surface area contributed by atoms with Gasteiger partial charge < -0.3 is 5.32 Å². The van der Waals surface area contributed by atoms with Gasteiger partial charge >= 0.3 is 0 Å². The zero-order valence-electron chi connectivity index (χ0n) is 8.09. The summed E-state index contributed by atoms with van der Waals surface area (Å²) in [6.45, 7) is 0. The second-order valence-corrected chi connectivity index (χ2v) is 4.83. The lowest BCUT2D eigenvalue weighted by molar-refractivity contribution is 0.278. The molecule has 1 fully saturated rings. The average Bonchev–Trinajstić information content (AvgIpc) is 2.46. The molecule has 0 saturated heterocycles. The van der Waals surface area contributed by atoms with Crippen molar-refractivity contribution in [3.63, 3.8) is 0 Å². The van der Waals surface area contributed by atoms with Gasteiger partial charge in [0.1, 0.15) is 0 Å². The predicted octanol–water partition coefficient (Wildman–Crippen LogP) is 3.48. The standard InChI is InChI=1S/C12H14ClN/c13-10-6-2-5-9-7-11(14-12(9)10)8-3-1-4-8/h2,5-6,8,11,14H,1,3-4,7H2. The fourth-order valence-corrected chi connectivity index (χ4v) is 2.75. The SMILES string of the molecule is Clc1cccc2c1NC(C1CCC1)C2. The van der Waals surface area contributed by atoms with Gasteiger partial charge in [0.15, 0.2) is 0 Å². The van der Waals surface area contributed by atoms with Crippen molar-refractivity contribution in [2.75, 3.05) is 5.32 Å². The smallest absolute Gasteiger partial charge is 0.0640 e. The van der Waals surface area contributed by atoms with Crippen LogP contribution in [-0.4, -0.2) is 6.04 Å². The molecule has 1 atom stereocenters. The first-order chi connectivity index (χ1) is 6.84. The molecule has 74 valence electrons. The Bertz CT molecular complexity index is 357. The Morgan fingerprint density at radius 2 is 2.14 bits per heavy atom. The van der Waals surface area contributed by atoms with Crippen LogP contribution in [0.3, 0.4) is 0 Å². The second kappa shape index (κ2) is 3.16. The molecule has 0 aromatic heterocycles. The summed E-state index contributed by atoms with van der Waals surface area (Å²) in [6, 6.07) is 6.86. The molecule has 1 aromatic carbocycles. The topological polar surface area (TPSA) is 12.0 Å². The molecule has 0 radical (unpaired) electrons. The van der Waals surface area contributed by atoms with Crippen LogP contribution in [0.15, 0.2) is 18.2 Å². The van der Waals surface area contributed by atoms with Crippen LogP contribution >= 0.6 is 11.6 Å². The molecule has 1 aliphatic heterocycles. The van der Waals surface area contributed by atoms with Gasteiger partial charge in [0.25, 0.3) is 0 Å². The maximum Gasteiger partial charge on any atom is 0.0640 e. The Hall–Kier alpha value is -0.690. The van der Waals surface area contributed by atoms with Crippen molar-refractivity contribution in [2.24, 2.45) is 5.92 Å². The van der Waals surface area contributed by atoms with Crippen molar-refractivity contribution in [2.45, 2.75) is 31.7 Å². The lowest BCUT2D eigenvalue weighted by Crippen LogP contribution is -2.31. The lowest BCUT2D eigenvalue weighted by Gasteiger charge is -2.31. The molecule has 3 rings (SSSR count). The van der Waals surface area contributed by atoms with Gasteiger partial charge in [-0.15, -0.1) is 0 Å². The highest BCUT2D eigenvalue weighted by Crippen LogP contribution is 2.40. The van der Waals surface area contributed by atoms with E-state index in [0.29, 0.717) is 6.04 Å². The average molecular weight is 208 g/mol. The molecule has 0 spiro atoms. The minimum Gasteiger partial charge on any atom is -0.380 e. The van der Waals surface area contributed by atoms with Crippen molar-refractivity contribution >= 4 is 17.3 Å². The highest BCUT2D eigenvalue weighted by Gasteiger charge is 2.32. The zero-order chi connectivity index (χ0) is 9.54. The predicted molar refractivity (Wildman–Crippen MR) is 59.9 cm³/mol. The van der Waals surface area contributed by atoms with Crippen LogP contribution in [0.5, 0.6) is 0 Å². The molecule has 1 heterocycles. The molecular formula is C12H14ClN. The normalized spacial score (nSPS) is 25.4. The molecule has 0 bridgehead atoms. The summed E-state index contributed by atoms with van der Waals surface area (Å²) in [5.74, 6) is 0.887. The van der Waals surface area contributed by atoms with Crippen LogP contribution in [-0.2, 0) is 6.42 Å². The van der Waals surface area contributed by atoms with Gasteiger partial charge in [0.2, 0.25) is 0 Å². The fourth-order valence-electron chi connectivity index (χ4n) is 2.50. The van der Waals surface area contributed by atoms with E-state index in [9.17, 15) is 0 Å². The van der Waals surface area contributed by atoms with Gasteiger partial charge in [-0.25, -0.2) is 0 Å². The van der Waals surface area contributed by atoms with Crippen LogP contribution in [0.2, 0.25) is 5.02 Å². The van der Waals surface area contributed by atoms with Gasteiger partial charge in [0.05, 0.1) is 10.7 Å². The fraction of sp³-hybridized carbons (Fsp3) is 0.500. The van der Waals surface area contributed by atoms with Crippen molar-refractivity contribution in [3.8, 4) is 0 Å².